The molecule has 7 nitrogen and oxygen atoms in total. The molecule has 9 heteroatoms. The van der Waals surface area contributed by atoms with E-state index in [2.05, 4.69) is 10.3 Å². The first-order valence-corrected chi connectivity index (χ1v) is 7.98. The van der Waals surface area contributed by atoms with E-state index >= 15 is 0 Å². The van der Waals surface area contributed by atoms with Gasteiger partial charge in [-0.05, 0) is 29.8 Å². The molecule has 0 aliphatic heterocycles. The van der Waals surface area contributed by atoms with Crippen LogP contribution in [0.5, 0.6) is 5.75 Å². The molecule has 134 valence electrons. The normalized spacial score (nSPS) is 10.9. The molecule has 0 unspecified atom stereocenters. The van der Waals surface area contributed by atoms with Gasteiger partial charge in [0.2, 0.25) is 11.9 Å². The van der Waals surface area contributed by atoms with Crippen molar-refractivity contribution in [2.75, 3.05) is 0 Å². The molecule has 0 heterocycles. The van der Waals surface area contributed by atoms with Gasteiger partial charge in [-0.15, -0.1) is 4.99 Å². The van der Waals surface area contributed by atoms with Crippen molar-refractivity contribution in [3.05, 3.63) is 63.6 Å². The molecule has 2 aromatic carbocycles. The Morgan fingerprint density at radius 2 is 1.81 bits per heavy atom. The van der Waals surface area contributed by atoms with Crippen molar-refractivity contribution >= 4 is 47.4 Å². The predicted octanol–water partition coefficient (Wildman–Crippen LogP) is 2.98. The second-order valence-electron chi connectivity index (χ2n) is 4.98. The van der Waals surface area contributed by atoms with Gasteiger partial charge in [-0.1, -0.05) is 41.4 Å². The van der Waals surface area contributed by atoms with E-state index in [1.807, 2.05) is 0 Å². The predicted molar refractivity (Wildman–Crippen MR) is 97.8 cm³/mol. The summed E-state index contributed by atoms with van der Waals surface area (Å²) >= 11 is 12.0. The van der Waals surface area contributed by atoms with Crippen LogP contribution in [0.15, 0.2) is 47.5 Å². The van der Waals surface area contributed by atoms with E-state index < -0.39 is 18.0 Å². The topological polar surface area (TPSA) is 111 Å². The van der Waals surface area contributed by atoms with E-state index in [1.54, 1.807) is 24.3 Å². The third-order valence-corrected chi connectivity index (χ3v) is 3.79. The first-order valence-electron chi connectivity index (χ1n) is 7.23. The summed E-state index contributed by atoms with van der Waals surface area (Å²) in [6.45, 7) is 0. The number of carbonyl (C=O) groups is 3. The molecular weight excluding hydrogens is 381 g/mol. The standard InChI is InChI=1S/C17H13Cl2N3O4/c18-13-5-2-6-14(19)12(13)8-15(24)21-16(20)22-17(25)26-11-4-1-3-10(7-11)9-23/h1-7,9H,8H2,(H3,20,21,22,24,25). The van der Waals surface area contributed by atoms with Gasteiger partial charge < -0.3 is 10.5 Å². The minimum Gasteiger partial charge on any atom is -0.409 e. The third-order valence-electron chi connectivity index (χ3n) is 3.08. The number of guanidine groups is 1. The lowest BCUT2D eigenvalue weighted by Gasteiger charge is -2.07. The minimum atomic E-state index is -1.05. The van der Waals surface area contributed by atoms with E-state index in [0.29, 0.717) is 27.5 Å². The average Bonchev–Trinajstić information content (AvgIpc) is 2.58. The van der Waals surface area contributed by atoms with Crippen LogP contribution in [0.25, 0.3) is 0 Å². The lowest BCUT2D eigenvalue weighted by atomic mass is 10.1. The van der Waals surface area contributed by atoms with Crippen LogP contribution >= 0.6 is 23.2 Å². The van der Waals surface area contributed by atoms with Gasteiger partial charge in [0.15, 0.2) is 0 Å². The van der Waals surface area contributed by atoms with Crippen molar-refractivity contribution in [3.8, 4) is 5.75 Å². The Bertz CT molecular complexity index is 864. The number of nitrogens with zero attached hydrogens (tertiary/aromatic N) is 1. The fourth-order valence-electron chi connectivity index (χ4n) is 1.95. The summed E-state index contributed by atoms with van der Waals surface area (Å²) in [6.07, 6.45) is -0.596. The first kappa shape index (κ1) is 19.4. The summed E-state index contributed by atoms with van der Waals surface area (Å²) < 4.78 is 4.91. The number of ether oxygens (including phenoxy) is 1. The van der Waals surface area contributed by atoms with Crippen molar-refractivity contribution < 1.29 is 19.1 Å². The summed E-state index contributed by atoms with van der Waals surface area (Å²) in [4.78, 5) is 37.8. The van der Waals surface area contributed by atoms with Crippen LogP contribution in [0.4, 0.5) is 4.79 Å². The van der Waals surface area contributed by atoms with Crippen LogP contribution in [0, 0.1) is 0 Å². The molecule has 0 atom stereocenters. The highest BCUT2D eigenvalue weighted by Crippen LogP contribution is 2.24. The van der Waals surface area contributed by atoms with Crippen LogP contribution in [0.2, 0.25) is 10.0 Å². The summed E-state index contributed by atoms with van der Waals surface area (Å²) in [6, 6.07) is 10.7. The van der Waals surface area contributed by atoms with E-state index in [4.69, 9.17) is 33.7 Å². The van der Waals surface area contributed by atoms with Gasteiger partial charge in [0, 0.05) is 15.6 Å². The van der Waals surface area contributed by atoms with Gasteiger partial charge in [-0.25, -0.2) is 4.79 Å². The Kier molecular flexibility index (Phi) is 6.71. The molecule has 0 radical (unpaired) electrons. The van der Waals surface area contributed by atoms with Crippen LogP contribution in [-0.2, 0) is 11.2 Å². The van der Waals surface area contributed by atoms with Gasteiger partial charge in [0.05, 0.1) is 6.42 Å². The highest BCUT2D eigenvalue weighted by molar-refractivity contribution is 6.36. The molecule has 0 spiro atoms. The quantitative estimate of drug-likeness (QED) is 0.471. The Morgan fingerprint density at radius 3 is 2.46 bits per heavy atom. The lowest BCUT2D eigenvalue weighted by Crippen LogP contribution is -2.38. The van der Waals surface area contributed by atoms with Gasteiger partial charge in [-0.3, -0.25) is 14.9 Å². The average molecular weight is 394 g/mol. The molecule has 3 N–H and O–H groups in total. The number of nitrogens with two attached hydrogens (primary N) is 1. The van der Waals surface area contributed by atoms with E-state index in [-0.39, 0.29) is 12.2 Å². The maximum absolute atomic E-state index is 12.0. The fourth-order valence-corrected chi connectivity index (χ4v) is 2.48. The van der Waals surface area contributed by atoms with Crippen LogP contribution < -0.4 is 15.8 Å². The molecule has 0 aromatic heterocycles. The summed E-state index contributed by atoms with van der Waals surface area (Å²) in [7, 11) is 0. The Balaban J connectivity index is 1.97. The van der Waals surface area contributed by atoms with E-state index in [9.17, 15) is 14.4 Å². The third kappa shape index (κ3) is 5.58. The van der Waals surface area contributed by atoms with E-state index in [1.165, 1.54) is 18.2 Å². The maximum Gasteiger partial charge on any atom is 0.442 e. The number of halogens is 2. The molecule has 0 bridgehead atoms. The number of hydrogen-bond acceptors (Lipinski definition) is 4. The molecule has 0 saturated heterocycles. The van der Waals surface area contributed by atoms with Crippen molar-refractivity contribution in [2.24, 2.45) is 10.7 Å². The molecule has 0 aliphatic rings. The SMILES string of the molecule is NC(=NC(=O)Oc1cccc(C=O)c1)NC(=O)Cc1c(Cl)cccc1Cl. The summed E-state index contributed by atoms with van der Waals surface area (Å²) in [5, 5.41) is 2.90. The smallest absolute Gasteiger partial charge is 0.409 e. The second-order valence-corrected chi connectivity index (χ2v) is 5.79. The van der Waals surface area contributed by atoms with Crippen molar-refractivity contribution in [1.82, 2.24) is 5.32 Å². The van der Waals surface area contributed by atoms with Crippen LogP contribution in [-0.4, -0.2) is 24.2 Å². The Labute approximate surface area is 158 Å². The van der Waals surface area contributed by atoms with Crippen molar-refractivity contribution in [2.45, 2.75) is 6.42 Å². The lowest BCUT2D eigenvalue weighted by molar-refractivity contribution is -0.119. The molecule has 0 aliphatic carbocycles. The van der Waals surface area contributed by atoms with Crippen molar-refractivity contribution in [3.63, 3.8) is 0 Å². The van der Waals surface area contributed by atoms with Crippen LogP contribution in [0.1, 0.15) is 15.9 Å². The first-order chi connectivity index (χ1) is 12.4. The number of hydrogen-bond donors (Lipinski definition) is 2. The Morgan fingerprint density at radius 1 is 1.15 bits per heavy atom. The molecule has 0 saturated carbocycles. The van der Waals surface area contributed by atoms with Gasteiger partial charge in [0.25, 0.3) is 0 Å². The molecule has 0 fully saturated rings. The molecule has 2 aromatic rings. The highest BCUT2D eigenvalue weighted by atomic mass is 35.5. The number of carbonyl (C=O) groups excluding carboxylic acids is 3. The number of aliphatic imine (C=N–C) groups is 1. The summed E-state index contributed by atoms with van der Waals surface area (Å²) in [5.41, 5.74) is 6.27. The van der Waals surface area contributed by atoms with Crippen LogP contribution in [0.3, 0.4) is 0 Å². The number of aldehydes is 1. The molecule has 2 rings (SSSR count). The molecule has 2 amide bonds. The number of amides is 2. The monoisotopic (exact) mass is 393 g/mol. The minimum absolute atomic E-state index is 0.116. The number of rotatable bonds is 4. The second kappa shape index (κ2) is 8.98. The Hall–Kier alpha value is -2.90. The fraction of sp³-hybridized carbons (Fsp3) is 0.0588. The maximum atomic E-state index is 12.0. The zero-order chi connectivity index (χ0) is 19.1. The van der Waals surface area contributed by atoms with Gasteiger partial charge in [0.1, 0.15) is 12.0 Å². The van der Waals surface area contributed by atoms with Gasteiger partial charge >= 0.3 is 6.09 Å². The molecule has 26 heavy (non-hydrogen) atoms. The van der Waals surface area contributed by atoms with Crippen molar-refractivity contribution in [1.29, 1.82) is 0 Å². The molecular formula is C17H13Cl2N3O4. The highest BCUT2D eigenvalue weighted by Gasteiger charge is 2.12. The van der Waals surface area contributed by atoms with E-state index in [0.717, 1.165) is 0 Å². The summed E-state index contributed by atoms with van der Waals surface area (Å²) in [5.74, 6) is -0.892. The zero-order valence-corrected chi connectivity index (χ0v) is 14.8. The zero-order valence-electron chi connectivity index (χ0n) is 13.2. The largest absolute Gasteiger partial charge is 0.442 e. The number of nitrogens with one attached hydrogen (secondary N) is 1. The van der Waals surface area contributed by atoms with Gasteiger partial charge in [-0.2, -0.15) is 0 Å². The number of benzene rings is 2.